The first kappa shape index (κ1) is 22.8. The lowest BCUT2D eigenvalue weighted by Crippen LogP contribution is -3.10. The number of likely N-dealkylation sites (N-methyl/N-ethyl adjacent to an activating group) is 1. The Kier molecular flexibility index (Phi) is 14.0. The standard InChI is InChI=1S/C17H37NO5/c1-3-4-5-6-7-8-9-10-11-18(2)12-14(20)16(22)17(23)15(21)13-19/h14-17,19-23H,3-13H2,1-2H3/p+1. The molecule has 0 saturated heterocycles. The van der Waals surface area contributed by atoms with Gasteiger partial charge in [-0.2, -0.15) is 0 Å². The number of aliphatic hydroxyl groups excluding tert-OH is 5. The summed E-state index contributed by atoms with van der Waals surface area (Å²) in [5.41, 5.74) is 0. The highest BCUT2D eigenvalue weighted by molar-refractivity contribution is 4.79. The van der Waals surface area contributed by atoms with Crippen molar-refractivity contribution in [3.05, 3.63) is 0 Å². The summed E-state index contributed by atoms with van der Waals surface area (Å²) in [4.78, 5) is 1.08. The van der Waals surface area contributed by atoms with Crippen LogP contribution in [0.2, 0.25) is 0 Å². The van der Waals surface area contributed by atoms with Gasteiger partial charge in [-0.05, 0) is 12.8 Å². The van der Waals surface area contributed by atoms with E-state index in [-0.39, 0.29) is 0 Å². The van der Waals surface area contributed by atoms with Gasteiger partial charge in [0.2, 0.25) is 0 Å². The second kappa shape index (κ2) is 14.1. The number of rotatable bonds is 15. The zero-order valence-electron chi connectivity index (χ0n) is 14.8. The quantitative estimate of drug-likeness (QED) is 0.217. The molecule has 0 aromatic carbocycles. The Morgan fingerprint density at radius 2 is 1.22 bits per heavy atom. The van der Waals surface area contributed by atoms with E-state index in [9.17, 15) is 20.4 Å². The average Bonchev–Trinajstić information content (AvgIpc) is 2.54. The van der Waals surface area contributed by atoms with Crippen LogP contribution in [0, 0.1) is 0 Å². The van der Waals surface area contributed by atoms with Crippen molar-refractivity contribution in [3.8, 4) is 0 Å². The summed E-state index contributed by atoms with van der Waals surface area (Å²) >= 11 is 0. The van der Waals surface area contributed by atoms with Crippen molar-refractivity contribution in [1.29, 1.82) is 0 Å². The maximum Gasteiger partial charge on any atom is 0.131 e. The van der Waals surface area contributed by atoms with Gasteiger partial charge in [-0.15, -0.1) is 0 Å². The lowest BCUT2D eigenvalue weighted by atomic mass is 10.0. The van der Waals surface area contributed by atoms with Gasteiger partial charge in [-0.25, -0.2) is 0 Å². The molecule has 0 fully saturated rings. The summed E-state index contributed by atoms with van der Waals surface area (Å²) in [5, 5.41) is 47.3. The van der Waals surface area contributed by atoms with Crippen LogP contribution in [0.3, 0.4) is 0 Å². The van der Waals surface area contributed by atoms with Crippen LogP contribution < -0.4 is 4.90 Å². The topological polar surface area (TPSA) is 106 Å². The molecule has 0 heterocycles. The Labute approximate surface area is 140 Å². The smallest absolute Gasteiger partial charge is 0.131 e. The molecule has 0 aliphatic carbocycles. The maximum atomic E-state index is 9.90. The van der Waals surface area contributed by atoms with E-state index in [1.54, 1.807) is 0 Å². The van der Waals surface area contributed by atoms with Gasteiger partial charge < -0.3 is 30.4 Å². The lowest BCUT2D eigenvalue weighted by molar-refractivity contribution is -0.883. The highest BCUT2D eigenvalue weighted by Gasteiger charge is 2.31. The molecule has 0 bridgehead atoms. The number of hydrogen-bond acceptors (Lipinski definition) is 5. The van der Waals surface area contributed by atoms with E-state index in [1.165, 1.54) is 44.9 Å². The fourth-order valence-corrected chi connectivity index (χ4v) is 2.70. The van der Waals surface area contributed by atoms with Crippen molar-refractivity contribution < 1.29 is 30.4 Å². The molecule has 6 heteroatoms. The van der Waals surface area contributed by atoms with Crippen molar-refractivity contribution in [2.24, 2.45) is 0 Å². The van der Waals surface area contributed by atoms with Crippen molar-refractivity contribution in [2.45, 2.75) is 82.7 Å². The fraction of sp³-hybridized carbons (Fsp3) is 1.00. The molecule has 0 spiro atoms. The molecule has 0 amide bonds. The molecule has 6 nitrogen and oxygen atoms in total. The zero-order valence-corrected chi connectivity index (χ0v) is 14.8. The summed E-state index contributed by atoms with van der Waals surface area (Å²) in [6, 6.07) is 0. The third-order valence-corrected chi connectivity index (χ3v) is 4.34. The van der Waals surface area contributed by atoms with E-state index >= 15 is 0 Å². The molecule has 0 rings (SSSR count). The van der Waals surface area contributed by atoms with Crippen molar-refractivity contribution in [1.82, 2.24) is 0 Å². The van der Waals surface area contributed by atoms with Crippen LogP contribution in [0.15, 0.2) is 0 Å². The largest absolute Gasteiger partial charge is 0.394 e. The van der Waals surface area contributed by atoms with E-state index in [2.05, 4.69) is 6.92 Å². The van der Waals surface area contributed by atoms with Crippen LogP contribution in [0.5, 0.6) is 0 Å². The molecular formula is C17H38NO5+. The molecule has 140 valence electrons. The van der Waals surface area contributed by atoms with Gasteiger partial charge in [0.15, 0.2) is 0 Å². The lowest BCUT2D eigenvalue weighted by Gasteiger charge is -2.27. The Hall–Kier alpha value is -0.240. The predicted octanol–water partition coefficient (Wildman–Crippen LogP) is -0.922. The number of hydrogen-bond donors (Lipinski definition) is 6. The first-order chi connectivity index (χ1) is 10.9. The van der Waals surface area contributed by atoms with E-state index < -0.39 is 31.0 Å². The molecule has 0 aliphatic heterocycles. The van der Waals surface area contributed by atoms with Gasteiger partial charge in [0.05, 0.1) is 20.2 Å². The summed E-state index contributed by atoms with van der Waals surface area (Å²) in [7, 11) is 1.94. The van der Waals surface area contributed by atoms with Crippen LogP contribution in [-0.4, -0.2) is 76.7 Å². The first-order valence-corrected chi connectivity index (χ1v) is 9.08. The fourth-order valence-electron chi connectivity index (χ4n) is 2.70. The summed E-state index contributed by atoms with van der Waals surface area (Å²) < 4.78 is 0. The monoisotopic (exact) mass is 336 g/mol. The van der Waals surface area contributed by atoms with Gasteiger partial charge in [-0.1, -0.05) is 45.4 Å². The summed E-state index contributed by atoms with van der Waals surface area (Å²) in [6.45, 7) is 2.77. The minimum atomic E-state index is -1.54. The second-order valence-electron chi connectivity index (χ2n) is 6.68. The van der Waals surface area contributed by atoms with Crippen LogP contribution in [0.25, 0.3) is 0 Å². The Morgan fingerprint density at radius 3 is 1.74 bits per heavy atom. The van der Waals surface area contributed by atoms with Crippen molar-refractivity contribution in [2.75, 3.05) is 26.7 Å². The normalized spacial score (nSPS) is 18.4. The van der Waals surface area contributed by atoms with E-state index in [1.807, 2.05) is 7.05 Å². The number of aliphatic hydroxyl groups is 5. The van der Waals surface area contributed by atoms with E-state index in [0.717, 1.165) is 17.9 Å². The van der Waals surface area contributed by atoms with Crippen LogP contribution in [0.1, 0.15) is 58.3 Å². The molecule has 0 aromatic heterocycles. The van der Waals surface area contributed by atoms with Gasteiger partial charge in [0.25, 0.3) is 0 Å². The van der Waals surface area contributed by atoms with Crippen LogP contribution in [-0.2, 0) is 0 Å². The Balaban J connectivity index is 3.73. The van der Waals surface area contributed by atoms with Gasteiger partial charge in [-0.3, -0.25) is 0 Å². The Bertz CT molecular complexity index is 267. The average molecular weight is 336 g/mol. The first-order valence-electron chi connectivity index (χ1n) is 9.08. The predicted molar refractivity (Wildman–Crippen MR) is 90.3 cm³/mol. The van der Waals surface area contributed by atoms with Gasteiger partial charge in [0, 0.05) is 0 Å². The minimum Gasteiger partial charge on any atom is -0.394 e. The maximum absolute atomic E-state index is 9.90. The van der Waals surface area contributed by atoms with Gasteiger partial charge >= 0.3 is 0 Å². The molecule has 23 heavy (non-hydrogen) atoms. The number of quaternary nitrogens is 1. The highest BCUT2D eigenvalue weighted by Crippen LogP contribution is 2.07. The van der Waals surface area contributed by atoms with E-state index in [0.29, 0.717) is 6.54 Å². The third kappa shape index (κ3) is 11.0. The van der Waals surface area contributed by atoms with Crippen molar-refractivity contribution >= 4 is 0 Å². The molecule has 0 radical (unpaired) electrons. The molecule has 0 aliphatic rings. The molecule has 0 aromatic rings. The summed E-state index contributed by atoms with van der Waals surface area (Å²) in [5.74, 6) is 0. The highest BCUT2D eigenvalue weighted by atomic mass is 16.4. The van der Waals surface area contributed by atoms with Crippen LogP contribution in [0.4, 0.5) is 0 Å². The van der Waals surface area contributed by atoms with Crippen LogP contribution >= 0.6 is 0 Å². The van der Waals surface area contributed by atoms with E-state index in [4.69, 9.17) is 5.11 Å². The second-order valence-corrected chi connectivity index (χ2v) is 6.68. The number of unbranched alkanes of at least 4 members (excludes halogenated alkanes) is 7. The van der Waals surface area contributed by atoms with Gasteiger partial charge in [0.1, 0.15) is 31.0 Å². The minimum absolute atomic E-state index is 0.298. The molecule has 5 unspecified atom stereocenters. The summed E-state index contributed by atoms with van der Waals surface area (Å²) in [6.07, 6.45) is 4.45. The third-order valence-electron chi connectivity index (χ3n) is 4.34. The Morgan fingerprint density at radius 1 is 0.739 bits per heavy atom. The molecule has 0 saturated carbocycles. The molecular weight excluding hydrogens is 298 g/mol. The van der Waals surface area contributed by atoms with Crippen molar-refractivity contribution in [3.63, 3.8) is 0 Å². The molecule has 5 atom stereocenters. The zero-order chi connectivity index (χ0) is 17.7. The molecule has 6 N–H and O–H groups in total. The SMILES string of the molecule is CCCCCCCCCC[NH+](C)CC(O)C(O)C(O)C(O)CO. The number of nitrogens with one attached hydrogen (secondary N) is 1.